The highest BCUT2D eigenvalue weighted by molar-refractivity contribution is 6.40. The van der Waals surface area contributed by atoms with E-state index in [1.165, 1.54) is 6.92 Å². The molecule has 16 heteroatoms. The Morgan fingerprint density at radius 3 is 2.78 bits per heavy atom. The number of nitriles is 1. The van der Waals surface area contributed by atoms with Crippen LogP contribution in [0.5, 0.6) is 0 Å². The molecule has 0 spiro atoms. The van der Waals surface area contributed by atoms with Crippen LogP contribution in [-0.2, 0) is 27.3 Å². The van der Waals surface area contributed by atoms with Gasteiger partial charge in [0.15, 0.2) is 6.19 Å². The Kier molecular flexibility index (Phi) is 9.40. The van der Waals surface area contributed by atoms with Crippen LogP contribution in [0.1, 0.15) is 45.2 Å². The lowest BCUT2D eigenvalue weighted by atomic mass is 9.96. The molecule has 5 rings (SSSR count). The minimum atomic E-state index is -1.48. The van der Waals surface area contributed by atoms with Crippen molar-refractivity contribution >= 4 is 63.8 Å². The number of hydrogen-bond acceptors (Lipinski definition) is 8. The molecular weight excluding hydrogens is 627 g/mol. The number of benzene rings is 2. The van der Waals surface area contributed by atoms with Gasteiger partial charge in [0, 0.05) is 43.9 Å². The predicted molar refractivity (Wildman–Crippen MR) is 163 cm³/mol. The number of nitrogens with zero attached hydrogens (tertiary/aromatic N) is 5. The summed E-state index contributed by atoms with van der Waals surface area (Å²) in [7, 11) is 0. The first-order valence-corrected chi connectivity index (χ1v) is 14.7. The second kappa shape index (κ2) is 13.4. The van der Waals surface area contributed by atoms with E-state index in [1.807, 2.05) is 6.07 Å². The highest BCUT2D eigenvalue weighted by Gasteiger charge is 2.31. The smallest absolute Gasteiger partial charge is 0.328 e. The highest BCUT2D eigenvalue weighted by atomic mass is 35.5. The van der Waals surface area contributed by atoms with Crippen molar-refractivity contribution in [3.8, 4) is 6.19 Å². The summed E-state index contributed by atoms with van der Waals surface area (Å²) in [5.74, 6) is -2.71. The Morgan fingerprint density at radius 1 is 1.24 bits per heavy atom. The number of carboxylic acid groups (broad SMARTS) is 1. The second-order valence-corrected chi connectivity index (χ2v) is 11.4. The number of carboxylic acids is 1. The molecule has 3 aromatic rings. The number of aliphatic carboxylic acids is 1. The molecule has 0 bridgehead atoms. The van der Waals surface area contributed by atoms with Gasteiger partial charge < -0.3 is 25.0 Å². The summed E-state index contributed by atoms with van der Waals surface area (Å²) < 4.78 is 5.20. The maximum absolute atomic E-state index is 13.3. The number of aromatic nitrogens is 2. The summed E-state index contributed by atoms with van der Waals surface area (Å²) in [5, 5.41) is 31.6. The van der Waals surface area contributed by atoms with E-state index in [0.717, 1.165) is 10.9 Å². The van der Waals surface area contributed by atoms with Crippen LogP contribution >= 0.6 is 23.2 Å². The maximum Gasteiger partial charge on any atom is 0.328 e. The summed E-state index contributed by atoms with van der Waals surface area (Å²) in [6.45, 7) is 2.12. The molecule has 2 atom stereocenters. The van der Waals surface area contributed by atoms with Gasteiger partial charge >= 0.3 is 11.9 Å². The Hall–Kier alpha value is -4.87. The molecule has 14 nitrogen and oxygen atoms in total. The Balaban J connectivity index is 1.29. The molecule has 1 fully saturated rings. The van der Waals surface area contributed by atoms with Gasteiger partial charge in [0.1, 0.15) is 12.1 Å². The van der Waals surface area contributed by atoms with Crippen LogP contribution < -0.4 is 10.6 Å². The van der Waals surface area contributed by atoms with E-state index in [9.17, 15) is 29.5 Å². The van der Waals surface area contributed by atoms with E-state index in [2.05, 4.69) is 25.8 Å². The van der Waals surface area contributed by atoms with Gasteiger partial charge in [0.25, 0.3) is 11.8 Å². The Morgan fingerprint density at radius 2 is 2.04 bits per heavy atom. The van der Waals surface area contributed by atoms with Crippen molar-refractivity contribution < 1.29 is 29.0 Å². The zero-order valence-electron chi connectivity index (χ0n) is 24.0. The number of fused-ring (bicyclic) bond motifs is 2. The third-order valence-corrected chi connectivity index (χ3v) is 8.30. The fraction of sp³-hybridized carbons (Fsp3) is 0.345. The summed E-state index contributed by atoms with van der Waals surface area (Å²) in [6, 6.07) is 5.36. The van der Waals surface area contributed by atoms with Crippen molar-refractivity contribution in [1.82, 2.24) is 30.6 Å². The van der Waals surface area contributed by atoms with Crippen LogP contribution in [0.2, 0.25) is 10.0 Å². The molecule has 0 saturated carbocycles. The number of esters is 1. The lowest BCUT2D eigenvalue weighted by molar-refractivity contribution is -0.145. The van der Waals surface area contributed by atoms with Crippen molar-refractivity contribution in [2.45, 2.75) is 38.5 Å². The minimum absolute atomic E-state index is 0.00233. The van der Waals surface area contributed by atoms with Crippen LogP contribution in [0.4, 0.5) is 0 Å². The quantitative estimate of drug-likeness (QED) is 0.0965. The lowest BCUT2D eigenvalue weighted by Crippen LogP contribution is -2.45. The van der Waals surface area contributed by atoms with Gasteiger partial charge in [0.2, 0.25) is 5.96 Å². The zero-order chi connectivity index (χ0) is 32.2. The van der Waals surface area contributed by atoms with E-state index in [-0.39, 0.29) is 40.6 Å². The summed E-state index contributed by atoms with van der Waals surface area (Å²) >= 11 is 13.2. The number of aliphatic imine (C=N–C) groups is 1. The standard InChI is InChI=1S/C29H28Cl2N8O6/c1-15(40)45-19-4-6-39(13-19)29(34-14-32)33-11-23(28(43)44)36-26(41)24-21(30)8-18-12-38(7-5-20(18)25(24)31)27(42)16-2-3-17-10-35-37-22(17)9-16/h2-3,8-10,19,23H,4-7,11-13H2,1H3,(H,33,34)(H,35,37)(H,36,41)(H,43,44)/t19-,23-/m0/s1. The number of likely N-dealkylation sites (tertiary alicyclic amines) is 1. The normalized spacial score (nSPS) is 16.9. The molecule has 4 N–H and O–H groups in total. The molecule has 45 heavy (non-hydrogen) atoms. The van der Waals surface area contributed by atoms with Gasteiger partial charge in [-0.2, -0.15) is 10.4 Å². The molecular formula is C29H28Cl2N8O6. The minimum Gasteiger partial charge on any atom is -0.480 e. The summed E-state index contributed by atoms with van der Waals surface area (Å²) in [4.78, 5) is 57.4. The van der Waals surface area contributed by atoms with Crippen molar-refractivity contribution in [2.75, 3.05) is 26.2 Å². The van der Waals surface area contributed by atoms with Crippen LogP contribution in [0.15, 0.2) is 35.5 Å². The topological polar surface area (TPSA) is 193 Å². The fourth-order valence-electron chi connectivity index (χ4n) is 5.40. The SMILES string of the molecule is CC(=O)O[C@H]1CCN(C(=NC[C@H](NC(=O)c2c(Cl)cc3c(c2Cl)CCN(C(=O)c2ccc4cn[nH]c4c2)C3)C(=O)O)NC#N)C1. The number of rotatable bonds is 7. The van der Waals surface area contributed by atoms with E-state index >= 15 is 0 Å². The molecule has 0 aliphatic carbocycles. The molecule has 0 unspecified atom stereocenters. The number of hydrogen-bond donors (Lipinski definition) is 4. The molecule has 234 valence electrons. The first kappa shape index (κ1) is 31.6. The van der Waals surface area contributed by atoms with Gasteiger partial charge in [-0.25, -0.2) is 9.79 Å². The Bertz CT molecular complexity index is 1750. The van der Waals surface area contributed by atoms with Crippen molar-refractivity contribution in [2.24, 2.45) is 4.99 Å². The largest absolute Gasteiger partial charge is 0.480 e. The Labute approximate surface area is 266 Å². The van der Waals surface area contributed by atoms with E-state index in [0.29, 0.717) is 42.6 Å². The number of halogens is 2. The van der Waals surface area contributed by atoms with Crippen LogP contribution in [0.25, 0.3) is 10.9 Å². The molecule has 3 heterocycles. The van der Waals surface area contributed by atoms with Crippen LogP contribution in [-0.4, -0.2) is 93.1 Å². The zero-order valence-corrected chi connectivity index (χ0v) is 25.5. The third kappa shape index (κ3) is 6.95. The van der Waals surface area contributed by atoms with Gasteiger partial charge in [-0.05, 0) is 35.7 Å². The van der Waals surface area contributed by atoms with Crippen molar-refractivity contribution in [3.05, 3.63) is 62.8 Å². The van der Waals surface area contributed by atoms with Crippen LogP contribution in [0.3, 0.4) is 0 Å². The third-order valence-electron chi connectivity index (χ3n) is 7.58. The van der Waals surface area contributed by atoms with Crippen LogP contribution in [0, 0.1) is 11.5 Å². The number of aromatic amines is 1. The molecule has 2 aliphatic rings. The number of carbonyl (C=O) groups is 4. The van der Waals surface area contributed by atoms with Gasteiger partial charge in [-0.3, -0.25) is 24.8 Å². The first-order chi connectivity index (χ1) is 21.5. The average Bonchev–Trinajstić information content (AvgIpc) is 3.66. The van der Waals surface area contributed by atoms with Gasteiger partial charge in [0.05, 0.1) is 40.4 Å². The molecule has 0 radical (unpaired) electrons. The first-order valence-electron chi connectivity index (χ1n) is 13.9. The number of carbonyl (C=O) groups excluding carboxylic acids is 3. The maximum atomic E-state index is 13.3. The van der Waals surface area contributed by atoms with Crippen molar-refractivity contribution in [3.63, 3.8) is 0 Å². The predicted octanol–water partition coefficient (Wildman–Crippen LogP) is 2.32. The molecule has 1 saturated heterocycles. The van der Waals surface area contributed by atoms with Gasteiger partial charge in [-0.15, -0.1) is 0 Å². The average molecular weight is 655 g/mol. The van der Waals surface area contributed by atoms with Gasteiger partial charge in [-0.1, -0.05) is 29.3 Å². The number of amides is 2. The van der Waals surface area contributed by atoms with Crippen molar-refractivity contribution in [1.29, 1.82) is 5.26 Å². The summed E-state index contributed by atoms with van der Waals surface area (Å²) in [5.41, 5.74) is 2.46. The number of ether oxygens (including phenoxy) is 1. The number of guanidine groups is 1. The van der Waals surface area contributed by atoms with E-state index in [4.69, 9.17) is 27.9 Å². The molecule has 1 aromatic heterocycles. The molecule has 2 aromatic carbocycles. The summed E-state index contributed by atoms with van der Waals surface area (Å²) in [6.07, 6.45) is 3.90. The monoisotopic (exact) mass is 654 g/mol. The molecule has 2 aliphatic heterocycles. The second-order valence-electron chi connectivity index (χ2n) is 10.6. The lowest BCUT2D eigenvalue weighted by Gasteiger charge is -2.30. The number of nitrogens with one attached hydrogen (secondary N) is 3. The highest BCUT2D eigenvalue weighted by Crippen LogP contribution is 2.35. The van der Waals surface area contributed by atoms with E-state index in [1.54, 1.807) is 40.4 Å². The molecule has 2 amide bonds. The number of H-pyrrole nitrogens is 1. The van der Waals surface area contributed by atoms with E-state index < -0.39 is 36.5 Å². The fourth-order valence-corrected chi connectivity index (χ4v) is 6.16.